The van der Waals surface area contributed by atoms with E-state index in [0.29, 0.717) is 21.9 Å². The number of benzene rings is 1. The van der Waals surface area contributed by atoms with Gasteiger partial charge in [-0.05, 0) is 23.6 Å². The van der Waals surface area contributed by atoms with Crippen molar-refractivity contribution in [2.24, 2.45) is 0 Å². The number of thiophene rings is 1. The van der Waals surface area contributed by atoms with E-state index >= 15 is 0 Å². The molecule has 0 N–H and O–H groups in total. The summed E-state index contributed by atoms with van der Waals surface area (Å²) in [6, 6.07) is 8.23. The lowest BCUT2D eigenvalue weighted by Gasteiger charge is -2.10. The van der Waals surface area contributed by atoms with Crippen LogP contribution in [-0.2, 0) is 9.53 Å². The smallest absolute Gasteiger partial charge is 0.306 e. The fourth-order valence-corrected chi connectivity index (χ4v) is 2.80. The number of carbonyl (C=O) groups is 3. The highest BCUT2D eigenvalue weighted by Crippen LogP contribution is 2.25. The number of esters is 1. The summed E-state index contributed by atoms with van der Waals surface area (Å²) in [5, 5.41) is 1.80. The van der Waals surface area contributed by atoms with Gasteiger partial charge in [-0.3, -0.25) is 14.4 Å². The molecule has 0 aliphatic heterocycles. The van der Waals surface area contributed by atoms with E-state index in [-0.39, 0.29) is 18.6 Å². The fourth-order valence-electron chi connectivity index (χ4n) is 2.10. The van der Waals surface area contributed by atoms with Crippen molar-refractivity contribution in [3.8, 4) is 11.5 Å². The van der Waals surface area contributed by atoms with E-state index in [1.54, 1.807) is 35.7 Å². The Morgan fingerprint density at radius 1 is 1.00 bits per heavy atom. The molecular weight excluding hydrogens is 344 g/mol. The molecule has 2 rings (SSSR count). The third-order valence-corrected chi connectivity index (χ3v) is 4.34. The number of hydrogen-bond donors (Lipinski definition) is 0. The van der Waals surface area contributed by atoms with E-state index in [1.165, 1.54) is 25.6 Å². The Balaban J connectivity index is 1.85. The van der Waals surface area contributed by atoms with Crippen molar-refractivity contribution in [2.45, 2.75) is 12.8 Å². The monoisotopic (exact) mass is 362 g/mol. The Morgan fingerprint density at radius 3 is 2.44 bits per heavy atom. The number of ether oxygens (including phenoxy) is 3. The van der Waals surface area contributed by atoms with Gasteiger partial charge in [0.2, 0.25) is 5.78 Å². The maximum absolute atomic E-state index is 12.2. The zero-order valence-electron chi connectivity index (χ0n) is 13.9. The summed E-state index contributed by atoms with van der Waals surface area (Å²) in [7, 11) is 2.95. The number of rotatable bonds is 9. The summed E-state index contributed by atoms with van der Waals surface area (Å²) in [6.45, 7) is -0.408. The Kier molecular flexibility index (Phi) is 6.71. The van der Waals surface area contributed by atoms with Crippen molar-refractivity contribution >= 4 is 28.9 Å². The Labute approximate surface area is 149 Å². The van der Waals surface area contributed by atoms with Crippen molar-refractivity contribution in [3.63, 3.8) is 0 Å². The van der Waals surface area contributed by atoms with Crippen molar-refractivity contribution in [1.29, 1.82) is 0 Å². The predicted molar refractivity (Wildman–Crippen MR) is 92.7 cm³/mol. The van der Waals surface area contributed by atoms with Crippen LogP contribution < -0.4 is 9.47 Å². The molecule has 1 heterocycles. The number of Topliss-reactive ketones (excluding diaryl/α,β-unsaturated/α-hetero) is 2. The van der Waals surface area contributed by atoms with Gasteiger partial charge in [0.05, 0.1) is 31.1 Å². The number of methoxy groups -OCH3 is 2. The van der Waals surface area contributed by atoms with Gasteiger partial charge in [0, 0.05) is 12.5 Å². The Hall–Kier alpha value is -2.67. The summed E-state index contributed by atoms with van der Waals surface area (Å²) in [5.74, 6) is -0.205. The van der Waals surface area contributed by atoms with Gasteiger partial charge >= 0.3 is 5.97 Å². The van der Waals surface area contributed by atoms with Crippen LogP contribution in [0.25, 0.3) is 0 Å². The maximum atomic E-state index is 12.2. The molecule has 6 nitrogen and oxygen atoms in total. The average molecular weight is 362 g/mol. The Bertz CT molecular complexity index is 751. The molecule has 0 radical (unpaired) electrons. The van der Waals surface area contributed by atoms with Gasteiger partial charge in [-0.25, -0.2) is 0 Å². The normalized spacial score (nSPS) is 10.2. The third-order valence-electron chi connectivity index (χ3n) is 3.43. The van der Waals surface area contributed by atoms with Crippen LogP contribution in [0, 0.1) is 0 Å². The fraction of sp³-hybridized carbons (Fsp3) is 0.278. The first-order valence-electron chi connectivity index (χ1n) is 7.52. The first kappa shape index (κ1) is 18.7. The SMILES string of the molecule is COc1ccc(C(=O)COC(=O)CCC(=O)c2cccs2)c(OC)c1. The summed E-state index contributed by atoms with van der Waals surface area (Å²) in [6.07, 6.45) is -0.0108. The topological polar surface area (TPSA) is 78.9 Å². The second kappa shape index (κ2) is 8.98. The molecule has 0 saturated heterocycles. The van der Waals surface area contributed by atoms with Gasteiger partial charge < -0.3 is 14.2 Å². The lowest BCUT2D eigenvalue weighted by Crippen LogP contribution is -2.15. The van der Waals surface area contributed by atoms with Crippen LogP contribution in [-0.4, -0.2) is 38.4 Å². The zero-order valence-corrected chi connectivity index (χ0v) is 14.8. The first-order chi connectivity index (χ1) is 12.0. The highest BCUT2D eigenvalue weighted by molar-refractivity contribution is 7.12. The standard InChI is InChI=1S/C18H18O6S/c1-22-12-5-6-13(16(10-12)23-2)15(20)11-24-18(21)8-7-14(19)17-4-3-9-25-17/h3-6,9-10H,7-8,11H2,1-2H3. The lowest BCUT2D eigenvalue weighted by molar-refractivity contribution is -0.142. The average Bonchev–Trinajstić information content (AvgIpc) is 3.18. The second-order valence-corrected chi connectivity index (χ2v) is 6.00. The van der Waals surface area contributed by atoms with Crippen LogP contribution in [0.15, 0.2) is 35.7 Å². The van der Waals surface area contributed by atoms with Gasteiger partial charge in [0.1, 0.15) is 11.5 Å². The predicted octanol–water partition coefficient (Wildman–Crippen LogP) is 3.15. The molecule has 0 fully saturated rings. The highest BCUT2D eigenvalue weighted by Gasteiger charge is 2.16. The zero-order chi connectivity index (χ0) is 18.2. The minimum atomic E-state index is -0.592. The molecule has 2 aromatic rings. The van der Waals surface area contributed by atoms with Crippen LogP contribution >= 0.6 is 11.3 Å². The molecule has 0 unspecified atom stereocenters. The van der Waals surface area contributed by atoms with Crippen LogP contribution in [0.5, 0.6) is 11.5 Å². The molecule has 1 aromatic heterocycles. The second-order valence-electron chi connectivity index (χ2n) is 5.05. The molecule has 0 bridgehead atoms. The molecule has 7 heteroatoms. The molecule has 132 valence electrons. The molecule has 0 spiro atoms. The number of ketones is 2. The summed E-state index contributed by atoms with van der Waals surface area (Å²) in [5.41, 5.74) is 0.297. The molecule has 0 saturated carbocycles. The van der Waals surface area contributed by atoms with E-state index in [4.69, 9.17) is 14.2 Å². The van der Waals surface area contributed by atoms with Gasteiger partial charge in [0.15, 0.2) is 12.4 Å². The number of carbonyl (C=O) groups excluding carboxylic acids is 3. The summed E-state index contributed by atoms with van der Waals surface area (Å²) >= 11 is 1.33. The van der Waals surface area contributed by atoms with E-state index in [2.05, 4.69) is 0 Å². The quantitative estimate of drug-likeness (QED) is 0.504. The van der Waals surface area contributed by atoms with Crippen LogP contribution in [0.3, 0.4) is 0 Å². The van der Waals surface area contributed by atoms with E-state index in [0.717, 1.165) is 0 Å². The maximum Gasteiger partial charge on any atom is 0.306 e. The van der Waals surface area contributed by atoms with Crippen LogP contribution in [0.4, 0.5) is 0 Å². The first-order valence-corrected chi connectivity index (χ1v) is 8.40. The van der Waals surface area contributed by atoms with Crippen molar-refractivity contribution in [3.05, 3.63) is 46.2 Å². The van der Waals surface area contributed by atoms with Crippen LogP contribution in [0.1, 0.15) is 32.9 Å². The van der Waals surface area contributed by atoms with E-state index in [1.807, 2.05) is 0 Å². The number of hydrogen-bond acceptors (Lipinski definition) is 7. The van der Waals surface area contributed by atoms with Gasteiger partial charge in [0.25, 0.3) is 0 Å². The molecule has 0 aliphatic rings. The van der Waals surface area contributed by atoms with Crippen molar-refractivity contribution < 1.29 is 28.6 Å². The van der Waals surface area contributed by atoms with Crippen LogP contribution in [0.2, 0.25) is 0 Å². The molecule has 1 aromatic carbocycles. The van der Waals surface area contributed by atoms with Gasteiger partial charge in [-0.1, -0.05) is 6.07 Å². The molecule has 25 heavy (non-hydrogen) atoms. The van der Waals surface area contributed by atoms with Crippen molar-refractivity contribution in [2.75, 3.05) is 20.8 Å². The minimum Gasteiger partial charge on any atom is -0.497 e. The van der Waals surface area contributed by atoms with Gasteiger partial charge in [-0.2, -0.15) is 0 Å². The third kappa shape index (κ3) is 5.15. The molecular formula is C18H18O6S. The Morgan fingerprint density at radius 2 is 1.80 bits per heavy atom. The lowest BCUT2D eigenvalue weighted by atomic mass is 10.1. The largest absolute Gasteiger partial charge is 0.497 e. The highest BCUT2D eigenvalue weighted by atomic mass is 32.1. The molecule has 0 amide bonds. The summed E-state index contributed by atoms with van der Waals surface area (Å²) < 4.78 is 15.2. The van der Waals surface area contributed by atoms with Gasteiger partial charge in [-0.15, -0.1) is 11.3 Å². The summed E-state index contributed by atoms with van der Waals surface area (Å²) in [4.78, 5) is 36.3. The van der Waals surface area contributed by atoms with E-state index in [9.17, 15) is 14.4 Å². The van der Waals surface area contributed by atoms with Crippen molar-refractivity contribution in [1.82, 2.24) is 0 Å². The van der Waals surface area contributed by atoms with E-state index < -0.39 is 18.4 Å². The molecule has 0 aliphatic carbocycles. The molecule has 0 atom stereocenters. The minimum absolute atomic E-state index is 0.0550.